The van der Waals surface area contributed by atoms with Crippen molar-refractivity contribution in [2.75, 3.05) is 30.3 Å². The van der Waals surface area contributed by atoms with Gasteiger partial charge in [0.15, 0.2) is 0 Å². The van der Waals surface area contributed by atoms with Gasteiger partial charge in [-0.3, -0.25) is 9.78 Å². The van der Waals surface area contributed by atoms with Crippen LogP contribution in [0.1, 0.15) is 64.5 Å². The summed E-state index contributed by atoms with van der Waals surface area (Å²) in [4.78, 5) is 25.4. The van der Waals surface area contributed by atoms with E-state index in [1.807, 2.05) is 45.2 Å². The first-order chi connectivity index (χ1) is 19.4. The molecule has 3 heterocycles. The summed E-state index contributed by atoms with van der Waals surface area (Å²) in [5.74, 6) is -0.0857. The minimum Gasteiger partial charge on any atom is -0.399 e. The molecule has 0 radical (unpaired) electrons. The second kappa shape index (κ2) is 12.9. The molecular weight excluding hydrogens is 529 g/mol. The molecular formula is C31H39F3N6O. The molecule has 1 atom stereocenters. The van der Waals surface area contributed by atoms with Gasteiger partial charge in [0.2, 0.25) is 0 Å². The number of likely N-dealkylation sites (tertiary alicyclic amines) is 1. The van der Waals surface area contributed by atoms with Gasteiger partial charge in [-0.05, 0) is 99.5 Å². The van der Waals surface area contributed by atoms with Crippen molar-refractivity contribution in [3.05, 3.63) is 82.4 Å². The van der Waals surface area contributed by atoms with Crippen molar-refractivity contribution in [2.24, 2.45) is 0 Å². The lowest BCUT2D eigenvalue weighted by atomic mass is 9.99. The quantitative estimate of drug-likeness (QED) is 0.323. The van der Waals surface area contributed by atoms with Crippen molar-refractivity contribution in [3.8, 4) is 0 Å². The van der Waals surface area contributed by atoms with Crippen LogP contribution in [-0.2, 0) is 12.7 Å². The Morgan fingerprint density at radius 2 is 1.78 bits per heavy atom. The summed E-state index contributed by atoms with van der Waals surface area (Å²) in [5.41, 5.74) is 10.8. The molecule has 0 saturated carbocycles. The second-order valence-electron chi connectivity index (χ2n) is 11.0. The maximum atomic E-state index is 13.1. The average Bonchev–Trinajstić information content (AvgIpc) is 2.92. The zero-order valence-corrected chi connectivity index (χ0v) is 24.1. The molecule has 41 heavy (non-hydrogen) atoms. The van der Waals surface area contributed by atoms with Crippen LogP contribution in [0.2, 0.25) is 0 Å². The number of aryl methyl sites for hydroxylation is 3. The number of amides is 1. The third-order valence-corrected chi connectivity index (χ3v) is 8.05. The molecule has 220 valence electrons. The number of carbonyl (C=O) groups is 1. The van der Waals surface area contributed by atoms with Crippen molar-refractivity contribution in [1.29, 1.82) is 0 Å². The Morgan fingerprint density at radius 1 is 1.10 bits per heavy atom. The number of anilines is 2. The fraction of sp³-hybridized carbons (Fsp3) is 0.452. The molecule has 3 aromatic rings. The van der Waals surface area contributed by atoms with E-state index in [1.54, 1.807) is 6.20 Å². The van der Waals surface area contributed by atoms with Crippen LogP contribution >= 0.6 is 0 Å². The van der Waals surface area contributed by atoms with E-state index < -0.39 is 11.9 Å². The van der Waals surface area contributed by atoms with Gasteiger partial charge in [0.25, 0.3) is 5.91 Å². The molecule has 1 aliphatic rings. The van der Waals surface area contributed by atoms with Crippen molar-refractivity contribution in [2.45, 2.75) is 71.8 Å². The number of piperidine rings is 1. The molecule has 3 N–H and O–H groups in total. The van der Waals surface area contributed by atoms with E-state index in [4.69, 9.17) is 5.73 Å². The van der Waals surface area contributed by atoms with Crippen LogP contribution in [0, 0.1) is 20.8 Å². The summed E-state index contributed by atoms with van der Waals surface area (Å²) in [6.07, 6.45) is 2.95. The van der Waals surface area contributed by atoms with Gasteiger partial charge in [0, 0.05) is 61.9 Å². The number of alkyl halides is 3. The molecule has 1 saturated heterocycles. The summed E-state index contributed by atoms with van der Waals surface area (Å²) < 4.78 is 39.4. The lowest BCUT2D eigenvalue weighted by molar-refractivity contribution is -0.141. The molecule has 2 aromatic heterocycles. The Bertz CT molecular complexity index is 1310. The molecule has 0 unspecified atom stereocenters. The number of nitrogens with zero attached hydrogens (tertiary/aromatic N) is 4. The van der Waals surface area contributed by atoms with Crippen molar-refractivity contribution in [1.82, 2.24) is 20.2 Å². The van der Waals surface area contributed by atoms with Crippen molar-refractivity contribution >= 4 is 17.3 Å². The maximum Gasteiger partial charge on any atom is 0.433 e. The van der Waals surface area contributed by atoms with Crippen LogP contribution in [-0.4, -0.2) is 52.5 Å². The molecule has 7 nitrogen and oxygen atoms in total. The molecule has 0 aliphatic carbocycles. The third-order valence-electron chi connectivity index (χ3n) is 8.05. The van der Waals surface area contributed by atoms with E-state index in [2.05, 4.69) is 32.0 Å². The summed E-state index contributed by atoms with van der Waals surface area (Å²) in [5, 5.41) is 3.06. The summed E-state index contributed by atoms with van der Waals surface area (Å²) in [6, 6.07) is 8.56. The van der Waals surface area contributed by atoms with Gasteiger partial charge in [0.05, 0.1) is 11.9 Å². The molecule has 1 aliphatic heterocycles. The highest BCUT2D eigenvalue weighted by Gasteiger charge is 2.33. The van der Waals surface area contributed by atoms with Crippen molar-refractivity contribution < 1.29 is 18.0 Å². The van der Waals surface area contributed by atoms with Crippen LogP contribution in [0.3, 0.4) is 0 Å². The molecule has 1 amide bonds. The van der Waals surface area contributed by atoms with E-state index in [0.29, 0.717) is 30.0 Å². The fourth-order valence-electron chi connectivity index (χ4n) is 5.66. The Morgan fingerprint density at radius 3 is 2.37 bits per heavy atom. The first kappa shape index (κ1) is 30.3. The number of rotatable bonds is 9. The van der Waals surface area contributed by atoms with E-state index in [9.17, 15) is 18.0 Å². The molecule has 0 spiro atoms. The molecule has 1 aromatic carbocycles. The Labute approximate surface area is 240 Å². The molecule has 1 fully saturated rings. The third kappa shape index (κ3) is 7.55. The zero-order valence-electron chi connectivity index (χ0n) is 24.1. The summed E-state index contributed by atoms with van der Waals surface area (Å²) in [7, 11) is 0. The number of hydrogen-bond donors (Lipinski definition) is 2. The highest BCUT2D eigenvalue weighted by molar-refractivity contribution is 5.97. The predicted molar refractivity (Wildman–Crippen MR) is 156 cm³/mol. The zero-order chi connectivity index (χ0) is 29.7. The number of halogens is 3. The van der Waals surface area contributed by atoms with Gasteiger partial charge >= 0.3 is 6.18 Å². The highest BCUT2D eigenvalue weighted by Crippen LogP contribution is 2.31. The minimum atomic E-state index is -4.48. The number of benzene rings is 1. The van der Waals surface area contributed by atoms with Crippen LogP contribution in [0.4, 0.5) is 24.5 Å². The monoisotopic (exact) mass is 568 g/mol. The molecule has 10 heteroatoms. The summed E-state index contributed by atoms with van der Waals surface area (Å²) >= 11 is 0. The van der Waals surface area contributed by atoms with E-state index >= 15 is 0 Å². The Kier molecular flexibility index (Phi) is 9.53. The number of nitrogen functional groups attached to an aromatic ring is 1. The van der Waals surface area contributed by atoms with E-state index in [-0.39, 0.29) is 18.0 Å². The lowest BCUT2D eigenvalue weighted by Gasteiger charge is -2.42. The number of aromatic nitrogens is 2. The normalized spacial score (nSPS) is 15.5. The Balaban J connectivity index is 1.37. The first-order valence-electron chi connectivity index (χ1n) is 14.0. The van der Waals surface area contributed by atoms with Gasteiger partial charge in [-0.2, -0.15) is 13.2 Å². The standard InChI is InChI=1S/C31H39F3N6O/c1-20-7-11-36-17-24(20)19-40(27-5-6-28(38-18-27)31(32,33)34)26-9-13-39(14-10-26)23(4)8-12-37-30(41)29-21(2)15-25(35)16-22(29)3/h5-7,11,15-18,23,26H,8-10,12-14,19,35H2,1-4H3,(H,37,41)/t23-/m1/s1. The lowest BCUT2D eigenvalue weighted by Crippen LogP contribution is -2.48. The maximum absolute atomic E-state index is 13.1. The largest absolute Gasteiger partial charge is 0.433 e. The number of carbonyl (C=O) groups excluding carboxylic acids is 1. The van der Waals surface area contributed by atoms with Gasteiger partial charge in [-0.15, -0.1) is 0 Å². The number of pyridine rings is 2. The van der Waals surface area contributed by atoms with Crippen LogP contribution in [0.25, 0.3) is 0 Å². The summed E-state index contributed by atoms with van der Waals surface area (Å²) in [6.45, 7) is 10.8. The Hall–Kier alpha value is -3.66. The highest BCUT2D eigenvalue weighted by atomic mass is 19.4. The van der Waals surface area contributed by atoms with Gasteiger partial charge < -0.3 is 20.9 Å². The van der Waals surface area contributed by atoms with Gasteiger partial charge in [-0.1, -0.05) is 0 Å². The van der Waals surface area contributed by atoms with Gasteiger partial charge in [0.1, 0.15) is 5.69 Å². The first-order valence-corrected chi connectivity index (χ1v) is 14.0. The predicted octanol–water partition coefficient (Wildman–Crippen LogP) is 5.68. The van der Waals surface area contributed by atoms with Crippen molar-refractivity contribution in [3.63, 3.8) is 0 Å². The smallest absolute Gasteiger partial charge is 0.399 e. The van der Waals surface area contributed by atoms with E-state index in [0.717, 1.165) is 60.7 Å². The minimum absolute atomic E-state index is 0.0857. The van der Waals surface area contributed by atoms with Crippen LogP contribution in [0.15, 0.2) is 48.9 Å². The van der Waals surface area contributed by atoms with Crippen LogP contribution < -0.4 is 16.0 Å². The topological polar surface area (TPSA) is 87.4 Å². The van der Waals surface area contributed by atoms with E-state index in [1.165, 1.54) is 12.3 Å². The SMILES string of the molecule is Cc1ccncc1CN(c1ccc(C(F)(F)F)nc1)C1CCN([C@H](C)CCNC(=O)c2c(C)cc(N)cc2C)CC1. The average molecular weight is 569 g/mol. The number of hydrogen-bond acceptors (Lipinski definition) is 6. The molecule has 0 bridgehead atoms. The second-order valence-corrected chi connectivity index (χ2v) is 11.0. The number of nitrogens with two attached hydrogens (primary N) is 1. The van der Waals surface area contributed by atoms with Crippen LogP contribution in [0.5, 0.6) is 0 Å². The number of nitrogens with one attached hydrogen (secondary N) is 1. The fourth-order valence-corrected chi connectivity index (χ4v) is 5.66. The molecule has 4 rings (SSSR count). The van der Waals surface area contributed by atoms with Gasteiger partial charge in [-0.25, -0.2) is 4.98 Å².